The molecule has 5 heteroatoms. The fourth-order valence-corrected chi connectivity index (χ4v) is 4.22. The van der Waals surface area contributed by atoms with Crippen LogP contribution in [0.5, 0.6) is 17.2 Å². The van der Waals surface area contributed by atoms with Gasteiger partial charge in [-0.15, -0.1) is 0 Å². The van der Waals surface area contributed by atoms with Gasteiger partial charge in [0.2, 0.25) is 0 Å². The van der Waals surface area contributed by atoms with Crippen LogP contribution in [-0.4, -0.2) is 0 Å². The van der Waals surface area contributed by atoms with Gasteiger partial charge >= 0.3 is 7.82 Å². The maximum absolute atomic E-state index is 13.3. The van der Waals surface area contributed by atoms with E-state index in [0.29, 0.717) is 17.2 Å². The van der Waals surface area contributed by atoms with E-state index >= 15 is 0 Å². The topological polar surface area (TPSA) is 44.8 Å². The van der Waals surface area contributed by atoms with Gasteiger partial charge in [-0.3, -0.25) is 0 Å². The lowest BCUT2D eigenvalue weighted by Crippen LogP contribution is -2.13. The molecular weight excluding hydrogens is 335 g/mol. The summed E-state index contributed by atoms with van der Waals surface area (Å²) in [6.07, 6.45) is 0. The number of phosphoric acid groups is 1. The number of hydrogen-bond donors (Lipinski definition) is 0. The van der Waals surface area contributed by atoms with E-state index in [-0.39, 0.29) is 5.92 Å². The van der Waals surface area contributed by atoms with Gasteiger partial charge in [0.25, 0.3) is 0 Å². The molecule has 0 atom stereocenters. The van der Waals surface area contributed by atoms with Crippen molar-refractivity contribution >= 4 is 7.82 Å². The number of para-hydroxylation sites is 3. The molecule has 1 aliphatic rings. The van der Waals surface area contributed by atoms with Crippen LogP contribution in [0.4, 0.5) is 0 Å². The molecule has 0 fully saturated rings. The zero-order valence-electron chi connectivity index (χ0n) is 13.7. The average molecular weight is 352 g/mol. The Bertz CT molecular complexity index is 886. The largest absolute Gasteiger partial charge is 0.647 e. The van der Waals surface area contributed by atoms with E-state index in [1.165, 1.54) is 0 Å². The highest BCUT2D eigenvalue weighted by Gasteiger charge is 2.37. The number of phosphoric ester groups is 1. The van der Waals surface area contributed by atoms with Crippen molar-refractivity contribution in [1.29, 1.82) is 0 Å². The van der Waals surface area contributed by atoms with Crippen LogP contribution in [0, 0.1) is 0 Å². The second kappa shape index (κ2) is 6.30. The van der Waals surface area contributed by atoms with Crippen LogP contribution in [0.25, 0.3) is 0 Å². The average Bonchev–Trinajstić information content (AvgIpc) is 2.62. The molecule has 3 aromatic carbocycles. The lowest BCUT2D eigenvalue weighted by Gasteiger charge is -2.27. The second-order valence-electron chi connectivity index (χ2n) is 5.83. The first-order chi connectivity index (χ1) is 12.1. The van der Waals surface area contributed by atoms with E-state index in [1.807, 2.05) is 42.5 Å². The fraction of sp³-hybridized carbons (Fsp3) is 0.100. The third-order valence-corrected chi connectivity index (χ3v) is 5.43. The Morgan fingerprint density at radius 1 is 0.760 bits per heavy atom. The monoisotopic (exact) mass is 352 g/mol. The van der Waals surface area contributed by atoms with Gasteiger partial charge in [0.05, 0.1) is 0 Å². The van der Waals surface area contributed by atoms with Crippen LogP contribution in [0.15, 0.2) is 78.9 Å². The van der Waals surface area contributed by atoms with Gasteiger partial charge in [-0.2, -0.15) is 4.57 Å². The molecule has 25 heavy (non-hydrogen) atoms. The molecule has 0 bridgehead atoms. The number of benzene rings is 3. The minimum atomic E-state index is -3.90. The van der Waals surface area contributed by atoms with E-state index in [0.717, 1.165) is 11.1 Å². The smallest absolute Gasteiger partial charge is 0.386 e. The van der Waals surface area contributed by atoms with Gasteiger partial charge in [0.15, 0.2) is 0 Å². The molecule has 4 nitrogen and oxygen atoms in total. The van der Waals surface area contributed by atoms with Crippen molar-refractivity contribution in [3.05, 3.63) is 90.0 Å². The van der Waals surface area contributed by atoms with Crippen LogP contribution >= 0.6 is 7.82 Å². The molecule has 3 aromatic rings. The van der Waals surface area contributed by atoms with Crippen molar-refractivity contribution in [2.75, 3.05) is 0 Å². The minimum absolute atomic E-state index is 0.0397. The number of fused-ring (bicyclic) bond motifs is 2. The van der Waals surface area contributed by atoms with Crippen LogP contribution in [-0.2, 0) is 4.57 Å². The van der Waals surface area contributed by atoms with E-state index in [2.05, 4.69) is 6.92 Å². The Morgan fingerprint density at radius 3 is 1.80 bits per heavy atom. The highest BCUT2D eigenvalue weighted by atomic mass is 31.2. The minimum Gasteiger partial charge on any atom is -0.386 e. The van der Waals surface area contributed by atoms with Gasteiger partial charge in [0.1, 0.15) is 17.2 Å². The summed E-state index contributed by atoms with van der Waals surface area (Å²) in [6, 6.07) is 23.9. The third kappa shape index (κ3) is 3.13. The molecule has 0 saturated heterocycles. The quantitative estimate of drug-likeness (QED) is 0.547. The first-order valence-corrected chi connectivity index (χ1v) is 9.52. The molecule has 1 heterocycles. The summed E-state index contributed by atoms with van der Waals surface area (Å²) < 4.78 is 30.5. The van der Waals surface area contributed by atoms with E-state index in [4.69, 9.17) is 13.6 Å². The predicted octanol–water partition coefficient (Wildman–Crippen LogP) is 5.80. The zero-order chi connectivity index (χ0) is 17.3. The van der Waals surface area contributed by atoms with E-state index < -0.39 is 7.82 Å². The number of rotatable bonds is 2. The summed E-state index contributed by atoms with van der Waals surface area (Å²) in [5.41, 5.74) is 1.88. The SMILES string of the molecule is CC1c2ccccc2OP(=O)(Oc2ccccc2)Oc2ccccc21. The molecule has 0 spiro atoms. The van der Waals surface area contributed by atoms with Crippen molar-refractivity contribution < 1.29 is 18.1 Å². The molecule has 0 unspecified atom stereocenters. The highest BCUT2D eigenvalue weighted by molar-refractivity contribution is 7.49. The van der Waals surface area contributed by atoms with Gasteiger partial charge in [-0.25, -0.2) is 0 Å². The van der Waals surface area contributed by atoms with Crippen molar-refractivity contribution in [1.82, 2.24) is 0 Å². The summed E-state index contributed by atoms with van der Waals surface area (Å²) in [4.78, 5) is 0. The van der Waals surface area contributed by atoms with Crippen molar-refractivity contribution in [2.45, 2.75) is 12.8 Å². The Hall–Kier alpha value is -2.71. The van der Waals surface area contributed by atoms with Gasteiger partial charge in [-0.1, -0.05) is 61.5 Å². The highest BCUT2D eigenvalue weighted by Crippen LogP contribution is 2.54. The number of hydrogen-bond acceptors (Lipinski definition) is 4. The summed E-state index contributed by atoms with van der Waals surface area (Å²) in [5, 5.41) is 0. The molecular formula is C20H17O4P. The normalized spacial score (nSPS) is 21.6. The molecule has 1 aliphatic heterocycles. The second-order valence-corrected chi connectivity index (χ2v) is 7.27. The lowest BCUT2D eigenvalue weighted by molar-refractivity contribution is 0.293. The Labute approximate surface area is 146 Å². The first-order valence-electron chi connectivity index (χ1n) is 8.06. The predicted molar refractivity (Wildman–Crippen MR) is 96.3 cm³/mol. The molecule has 0 aliphatic carbocycles. The van der Waals surface area contributed by atoms with Crippen molar-refractivity contribution in [2.24, 2.45) is 0 Å². The standard InChI is InChI=1S/C20H17O4P/c1-15-17-11-5-7-13-19(17)23-25(21,22-16-9-3-2-4-10-16)24-20-14-8-6-12-18(15)20/h2-15H,1H3. The maximum atomic E-state index is 13.3. The van der Waals surface area contributed by atoms with Crippen molar-refractivity contribution in [3.63, 3.8) is 0 Å². The van der Waals surface area contributed by atoms with Crippen LogP contribution < -0.4 is 13.6 Å². The summed E-state index contributed by atoms with van der Waals surface area (Å²) in [7, 11) is -3.90. The van der Waals surface area contributed by atoms with Gasteiger partial charge < -0.3 is 13.6 Å². The first kappa shape index (κ1) is 15.8. The zero-order valence-corrected chi connectivity index (χ0v) is 14.6. The lowest BCUT2D eigenvalue weighted by atomic mass is 9.92. The van der Waals surface area contributed by atoms with Gasteiger partial charge in [-0.05, 0) is 24.3 Å². The molecule has 0 amide bonds. The summed E-state index contributed by atoms with van der Waals surface area (Å²) in [6.45, 7) is 2.07. The molecule has 4 rings (SSSR count). The summed E-state index contributed by atoms with van der Waals surface area (Å²) in [5.74, 6) is 1.47. The Balaban J connectivity index is 1.83. The summed E-state index contributed by atoms with van der Waals surface area (Å²) >= 11 is 0. The van der Waals surface area contributed by atoms with Crippen LogP contribution in [0.1, 0.15) is 24.0 Å². The van der Waals surface area contributed by atoms with Crippen LogP contribution in [0.2, 0.25) is 0 Å². The maximum Gasteiger partial charge on any atom is 0.647 e. The molecule has 0 saturated carbocycles. The fourth-order valence-electron chi connectivity index (χ4n) is 2.92. The molecule has 0 radical (unpaired) electrons. The van der Waals surface area contributed by atoms with Crippen molar-refractivity contribution in [3.8, 4) is 17.2 Å². The third-order valence-electron chi connectivity index (χ3n) is 4.15. The molecule has 126 valence electrons. The van der Waals surface area contributed by atoms with Crippen LogP contribution in [0.3, 0.4) is 0 Å². The van der Waals surface area contributed by atoms with E-state index in [1.54, 1.807) is 36.4 Å². The van der Waals surface area contributed by atoms with E-state index in [9.17, 15) is 4.57 Å². The Kier molecular flexibility index (Phi) is 3.98. The Morgan fingerprint density at radius 2 is 1.24 bits per heavy atom. The van der Waals surface area contributed by atoms with Gasteiger partial charge in [0, 0.05) is 17.0 Å². The molecule has 0 N–H and O–H groups in total. The molecule has 0 aromatic heterocycles.